The molecule has 23 heavy (non-hydrogen) atoms. The molecule has 1 heteroatoms. The van der Waals surface area contributed by atoms with Gasteiger partial charge in [-0.05, 0) is 80.1 Å². The number of hydrogen-bond acceptors (Lipinski definition) is 1. The summed E-state index contributed by atoms with van der Waals surface area (Å²) in [6.07, 6.45) is 14.1. The van der Waals surface area contributed by atoms with E-state index in [1.54, 1.807) is 5.57 Å². The predicted octanol–water partition coefficient (Wildman–Crippen LogP) is 5.81. The van der Waals surface area contributed by atoms with Gasteiger partial charge in [-0.2, -0.15) is 0 Å². The third-order valence-electron chi connectivity index (χ3n) is 7.07. The van der Waals surface area contributed by atoms with Crippen molar-refractivity contribution in [1.29, 1.82) is 0 Å². The van der Waals surface area contributed by atoms with Crippen LogP contribution in [0, 0.1) is 23.2 Å². The zero-order valence-electron chi connectivity index (χ0n) is 15.3. The molecule has 0 bridgehead atoms. The van der Waals surface area contributed by atoms with Gasteiger partial charge in [-0.25, -0.2) is 0 Å². The summed E-state index contributed by atoms with van der Waals surface area (Å²) in [6.45, 7) is 11.3. The summed E-state index contributed by atoms with van der Waals surface area (Å²) in [4.78, 5) is 0. The molecule has 3 fully saturated rings. The lowest BCUT2D eigenvalue weighted by atomic mass is 9.61. The van der Waals surface area contributed by atoms with E-state index >= 15 is 0 Å². The van der Waals surface area contributed by atoms with Crippen LogP contribution in [0.1, 0.15) is 72.1 Å². The van der Waals surface area contributed by atoms with E-state index in [2.05, 4.69) is 39.5 Å². The van der Waals surface area contributed by atoms with Crippen LogP contribution in [-0.4, -0.2) is 11.2 Å². The highest BCUT2D eigenvalue weighted by atomic mass is 16.3. The summed E-state index contributed by atoms with van der Waals surface area (Å²) in [5.74, 6) is 2.50. The molecule has 4 atom stereocenters. The zero-order chi connectivity index (χ0) is 16.6. The molecule has 1 nitrogen and oxygen atoms in total. The highest BCUT2D eigenvalue weighted by molar-refractivity contribution is 5.27. The van der Waals surface area contributed by atoms with Gasteiger partial charge in [-0.3, -0.25) is 0 Å². The highest BCUT2D eigenvalue weighted by Gasteiger charge is 2.49. The van der Waals surface area contributed by atoms with Crippen molar-refractivity contribution in [3.63, 3.8) is 0 Å². The molecule has 0 aromatic rings. The van der Waals surface area contributed by atoms with Crippen LogP contribution in [-0.2, 0) is 0 Å². The maximum Gasteiger partial charge on any atom is 0.0784 e. The topological polar surface area (TPSA) is 20.2 Å². The number of hydrogen-bond donors (Lipinski definition) is 1. The molecule has 2 unspecified atom stereocenters. The predicted molar refractivity (Wildman–Crippen MR) is 98.2 cm³/mol. The zero-order valence-corrected chi connectivity index (χ0v) is 15.3. The van der Waals surface area contributed by atoms with Crippen molar-refractivity contribution in [1.82, 2.24) is 0 Å². The van der Waals surface area contributed by atoms with Crippen LogP contribution in [0.25, 0.3) is 0 Å². The summed E-state index contributed by atoms with van der Waals surface area (Å²) in [6, 6.07) is 0. The Kier molecular flexibility index (Phi) is 4.88. The fourth-order valence-electron chi connectivity index (χ4n) is 5.73. The normalized spacial score (nSPS) is 41.8. The van der Waals surface area contributed by atoms with Crippen LogP contribution in [0.4, 0.5) is 0 Å². The number of aliphatic hydroxyl groups is 1. The van der Waals surface area contributed by atoms with E-state index in [-0.39, 0.29) is 6.10 Å². The molecule has 0 amide bonds. The molecule has 0 aliphatic heterocycles. The lowest BCUT2D eigenvalue weighted by Crippen LogP contribution is -2.35. The average molecular weight is 315 g/mol. The van der Waals surface area contributed by atoms with Gasteiger partial charge in [0.25, 0.3) is 0 Å². The Labute approximate surface area is 142 Å². The molecule has 3 rings (SSSR count). The van der Waals surface area contributed by atoms with Gasteiger partial charge in [0.1, 0.15) is 0 Å². The standard InChI is InChI=1S/C22H34O/c1-15(2)19-11-12-20-18(6-5-13-22(19,20)4)10-9-17-8-7-16(3)21(23)14-17/h9-10,15,19-21,23H,3,5-8,11-14H2,1-2,4H3/b17-9-,18-10+/t19?,20?,21-,22-/m1/s1. The molecule has 3 saturated carbocycles. The second kappa shape index (κ2) is 6.59. The Hall–Kier alpha value is -0.820. The van der Waals surface area contributed by atoms with Gasteiger partial charge >= 0.3 is 0 Å². The molecule has 0 heterocycles. The Morgan fingerprint density at radius 3 is 2.65 bits per heavy atom. The van der Waals surface area contributed by atoms with Gasteiger partial charge in [-0.15, -0.1) is 0 Å². The molecular formula is C22H34O. The fraction of sp³-hybridized carbons (Fsp3) is 0.727. The van der Waals surface area contributed by atoms with E-state index < -0.39 is 0 Å². The van der Waals surface area contributed by atoms with Crippen LogP contribution in [0.5, 0.6) is 0 Å². The van der Waals surface area contributed by atoms with Crippen LogP contribution in [0.3, 0.4) is 0 Å². The third kappa shape index (κ3) is 3.22. The Morgan fingerprint density at radius 1 is 1.17 bits per heavy atom. The minimum Gasteiger partial charge on any atom is -0.388 e. The smallest absolute Gasteiger partial charge is 0.0784 e. The summed E-state index contributed by atoms with van der Waals surface area (Å²) in [5.41, 5.74) is 4.63. The van der Waals surface area contributed by atoms with Crippen LogP contribution < -0.4 is 0 Å². The van der Waals surface area contributed by atoms with E-state index in [1.807, 2.05) is 0 Å². The summed E-state index contributed by atoms with van der Waals surface area (Å²) in [7, 11) is 0. The first kappa shape index (κ1) is 17.0. The minimum atomic E-state index is -0.318. The maximum absolute atomic E-state index is 10.0. The van der Waals surface area contributed by atoms with Crippen molar-refractivity contribution >= 4 is 0 Å². The van der Waals surface area contributed by atoms with Gasteiger partial charge in [0.05, 0.1) is 6.10 Å². The Morgan fingerprint density at radius 2 is 1.96 bits per heavy atom. The van der Waals surface area contributed by atoms with Gasteiger partial charge in [-0.1, -0.05) is 50.6 Å². The molecule has 3 aliphatic rings. The Bertz CT molecular complexity index is 524. The van der Waals surface area contributed by atoms with Crippen molar-refractivity contribution in [3.8, 4) is 0 Å². The van der Waals surface area contributed by atoms with Gasteiger partial charge in [0.2, 0.25) is 0 Å². The second-order valence-electron chi connectivity index (χ2n) is 8.78. The van der Waals surface area contributed by atoms with Crippen LogP contribution >= 0.6 is 0 Å². The van der Waals surface area contributed by atoms with E-state index in [4.69, 9.17) is 0 Å². The first-order chi connectivity index (χ1) is 10.9. The summed E-state index contributed by atoms with van der Waals surface area (Å²) in [5, 5.41) is 10.0. The molecular weight excluding hydrogens is 280 g/mol. The SMILES string of the molecule is C=C1CC/C(=C/C=C2\CCC[C@@]3(C)C2CCC3C(C)C)C[C@H]1O. The summed E-state index contributed by atoms with van der Waals surface area (Å²) < 4.78 is 0. The molecule has 128 valence electrons. The van der Waals surface area contributed by atoms with Crippen molar-refractivity contribution < 1.29 is 5.11 Å². The number of aliphatic hydroxyl groups excluding tert-OH is 1. The van der Waals surface area contributed by atoms with Gasteiger partial charge in [0, 0.05) is 0 Å². The number of allylic oxidation sites excluding steroid dienone is 3. The highest BCUT2D eigenvalue weighted by Crippen LogP contribution is 2.59. The lowest BCUT2D eigenvalue weighted by Gasteiger charge is -2.43. The van der Waals surface area contributed by atoms with E-state index in [0.29, 0.717) is 5.41 Å². The largest absolute Gasteiger partial charge is 0.388 e. The van der Waals surface area contributed by atoms with Gasteiger partial charge < -0.3 is 5.11 Å². The molecule has 0 aromatic carbocycles. The third-order valence-corrected chi connectivity index (χ3v) is 7.07. The fourth-order valence-corrected chi connectivity index (χ4v) is 5.73. The first-order valence-electron chi connectivity index (χ1n) is 9.66. The van der Waals surface area contributed by atoms with Crippen molar-refractivity contribution in [2.24, 2.45) is 23.2 Å². The van der Waals surface area contributed by atoms with Crippen molar-refractivity contribution in [2.45, 2.75) is 78.2 Å². The Balaban J connectivity index is 1.77. The van der Waals surface area contributed by atoms with Gasteiger partial charge in [0.15, 0.2) is 0 Å². The molecule has 3 aliphatic carbocycles. The maximum atomic E-state index is 10.0. The van der Waals surface area contributed by atoms with Crippen molar-refractivity contribution in [3.05, 3.63) is 35.5 Å². The number of fused-ring (bicyclic) bond motifs is 1. The van der Waals surface area contributed by atoms with Crippen molar-refractivity contribution in [2.75, 3.05) is 0 Å². The molecule has 0 spiro atoms. The quantitative estimate of drug-likeness (QED) is 0.637. The molecule has 0 aromatic heterocycles. The lowest BCUT2D eigenvalue weighted by molar-refractivity contribution is 0.104. The molecule has 0 saturated heterocycles. The molecule has 0 radical (unpaired) electrons. The summed E-state index contributed by atoms with van der Waals surface area (Å²) >= 11 is 0. The van der Waals surface area contributed by atoms with E-state index in [1.165, 1.54) is 37.7 Å². The minimum absolute atomic E-state index is 0.318. The molecule has 1 N–H and O–H groups in total. The average Bonchev–Trinajstić information content (AvgIpc) is 2.86. The number of rotatable bonds is 2. The van der Waals surface area contributed by atoms with E-state index in [0.717, 1.165) is 42.6 Å². The van der Waals surface area contributed by atoms with Crippen LogP contribution in [0.2, 0.25) is 0 Å². The van der Waals surface area contributed by atoms with E-state index in [9.17, 15) is 5.11 Å². The monoisotopic (exact) mass is 314 g/mol. The second-order valence-corrected chi connectivity index (χ2v) is 8.78. The van der Waals surface area contributed by atoms with Crippen LogP contribution in [0.15, 0.2) is 35.5 Å². The first-order valence-corrected chi connectivity index (χ1v) is 9.66.